The van der Waals surface area contributed by atoms with Crippen LogP contribution in [0.3, 0.4) is 0 Å². The van der Waals surface area contributed by atoms with Gasteiger partial charge in [0.25, 0.3) is 5.91 Å². The van der Waals surface area contributed by atoms with E-state index in [2.05, 4.69) is 31.8 Å². The molecule has 2 aromatic carbocycles. The monoisotopic (exact) mass is 444 g/mol. The van der Waals surface area contributed by atoms with Crippen molar-refractivity contribution in [2.75, 3.05) is 24.2 Å². The normalized spacial score (nSPS) is 12.4. The molecule has 0 heterocycles. The van der Waals surface area contributed by atoms with Crippen molar-refractivity contribution in [3.63, 3.8) is 0 Å². The third-order valence-electron chi connectivity index (χ3n) is 5.17. The highest BCUT2D eigenvalue weighted by Gasteiger charge is 2.19. The van der Waals surface area contributed by atoms with Crippen molar-refractivity contribution in [1.29, 1.82) is 0 Å². The number of hydrogen-bond acceptors (Lipinski definition) is 4. The molecule has 0 aliphatic carbocycles. The van der Waals surface area contributed by atoms with Gasteiger partial charge in [-0.15, -0.1) is 6.58 Å². The van der Waals surface area contributed by atoms with Crippen molar-refractivity contribution in [3.05, 3.63) is 71.3 Å². The Hall–Kier alpha value is -2.80. The molecule has 0 fully saturated rings. The molecule has 0 aromatic heterocycles. The predicted octanol–water partition coefficient (Wildman–Crippen LogP) is 4.57. The number of nitrogens with zero attached hydrogens (tertiary/aromatic N) is 1. The predicted molar refractivity (Wildman–Crippen MR) is 127 cm³/mol. The summed E-state index contributed by atoms with van der Waals surface area (Å²) in [6, 6.07) is 10.4. The molecular formula is C24H32N2O4S. The van der Waals surface area contributed by atoms with E-state index in [1.54, 1.807) is 31.4 Å². The van der Waals surface area contributed by atoms with E-state index in [0.29, 0.717) is 11.3 Å². The lowest BCUT2D eigenvalue weighted by atomic mass is 9.93. The lowest BCUT2D eigenvalue weighted by molar-refractivity contribution is 0.0940. The van der Waals surface area contributed by atoms with Crippen LogP contribution in [0.2, 0.25) is 0 Å². The van der Waals surface area contributed by atoms with Gasteiger partial charge in [0.15, 0.2) is 0 Å². The first-order chi connectivity index (χ1) is 14.5. The van der Waals surface area contributed by atoms with Crippen molar-refractivity contribution < 1.29 is 17.9 Å². The van der Waals surface area contributed by atoms with Gasteiger partial charge in [0, 0.05) is 5.56 Å². The van der Waals surface area contributed by atoms with Crippen molar-refractivity contribution in [2.24, 2.45) is 0 Å². The van der Waals surface area contributed by atoms with Crippen LogP contribution in [-0.2, 0) is 10.0 Å². The quantitative estimate of drug-likeness (QED) is 0.575. The van der Waals surface area contributed by atoms with Crippen LogP contribution in [-0.4, -0.2) is 34.2 Å². The second-order valence-corrected chi connectivity index (χ2v) is 9.84. The Morgan fingerprint density at radius 2 is 1.77 bits per heavy atom. The Morgan fingerprint density at radius 3 is 2.26 bits per heavy atom. The summed E-state index contributed by atoms with van der Waals surface area (Å²) in [5, 5.41) is 3.03. The van der Waals surface area contributed by atoms with Gasteiger partial charge in [-0.3, -0.25) is 9.10 Å². The van der Waals surface area contributed by atoms with Crippen molar-refractivity contribution >= 4 is 21.6 Å². The molecule has 0 aliphatic heterocycles. The molecule has 6 nitrogen and oxygen atoms in total. The molecule has 168 valence electrons. The number of benzene rings is 2. The number of amides is 1. The highest BCUT2D eigenvalue weighted by molar-refractivity contribution is 7.92. The number of carbonyl (C=O) groups excluding carboxylic acids is 1. The van der Waals surface area contributed by atoms with Crippen LogP contribution in [0.1, 0.15) is 59.8 Å². The molecule has 31 heavy (non-hydrogen) atoms. The first kappa shape index (κ1) is 24.5. The lowest BCUT2D eigenvalue weighted by Crippen LogP contribution is -2.30. The maximum absolute atomic E-state index is 12.8. The van der Waals surface area contributed by atoms with Crippen LogP contribution in [0.25, 0.3) is 0 Å². The van der Waals surface area contributed by atoms with Crippen LogP contribution >= 0.6 is 0 Å². The first-order valence-electron chi connectivity index (χ1n) is 10.2. The Labute approximate surface area is 186 Å². The fourth-order valence-corrected chi connectivity index (χ4v) is 4.38. The molecular weight excluding hydrogens is 412 g/mol. The Kier molecular flexibility index (Phi) is 7.90. The van der Waals surface area contributed by atoms with Crippen LogP contribution in [0.4, 0.5) is 5.69 Å². The highest BCUT2D eigenvalue weighted by Crippen LogP contribution is 2.32. The third-order valence-corrected chi connectivity index (χ3v) is 6.33. The summed E-state index contributed by atoms with van der Waals surface area (Å²) in [6.07, 6.45) is 2.66. The van der Waals surface area contributed by atoms with E-state index >= 15 is 0 Å². The second kappa shape index (κ2) is 10.0. The second-order valence-electron chi connectivity index (χ2n) is 7.93. The Morgan fingerprint density at radius 1 is 1.16 bits per heavy atom. The smallest absolute Gasteiger partial charge is 0.251 e. The van der Waals surface area contributed by atoms with E-state index in [9.17, 15) is 13.2 Å². The summed E-state index contributed by atoms with van der Waals surface area (Å²) in [6.45, 7) is 11.9. The number of nitrogens with one attached hydrogen (secondary N) is 1. The fourth-order valence-electron chi connectivity index (χ4n) is 3.50. The number of methoxy groups -OCH3 is 1. The molecule has 0 saturated heterocycles. The number of sulfonamides is 1. The van der Waals surface area contributed by atoms with E-state index < -0.39 is 10.0 Å². The summed E-state index contributed by atoms with van der Waals surface area (Å²) in [5.74, 6) is 0.911. The molecule has 0 radical (unpaired) electrons. The molecule has 0 saturated carbocycles. The van der Waals surface area contributed by atoms with E-state index in [1.165, 1.54) is 10.4 Å². The van der Waals surface area contributed by atoms with E-state index in [0.717, 1.165) is 28.7 Å². The molecule has 7 heteroatoms. The van der Waals surface area contributed by atoms with E-state index in [-0.39, 0.29) is 24.4 Å². The minimum Gasteiger partial charge on any atom is -0.496 e. The van der Waals surface area contributed by atoms with Crippen LogP contribution in [0.15, 0.2) is 49.1 Å². The standard InChI is InChI=1S/C24H32N2O4S/c1-8-13-26(31(7,28)29)20-11-9-19(10-12-20)24(27)25-18(5)22-15-21(16(2)3)23(30-6)14-17(22)4/h8-12,14-16,18H,1,13H2,2-7H3,(H,25,27). The number of ether oxygens (including phenoxy) is 1. The van der Waals surface area contributed by atoms with Gasteiger partial charge in [-0.05, 0) is 72.9 Å². The molecule has 2 rings (SSSR count). The third kappa shape index (κ3) is 5.88. The molecule has 1 atom stereocenters. The highest BCUT2D eigenvalue weighted by atomic mass is 32.2. The van der Waals surface area contributed by atoms with Crippen molar-refractivity contribution in [3.8, 4) is 5.75 Å². The van der Waals surface area contributed by atoms with Gasteiger partial charge in [-0.2, -0.15) is 0 Å². The van der Waals surface area contributed by atoms with Crippen molar-refractivity contribution in [1.82, 2.24) is 5.32 Å². The first-order valence-corrected chi connectivity index (χ1v) is 12.0. The van der Waals surface area contributed by atoms with E-state index in [1.807, 2.05) is 19.9 Å². The molecule has 1 unspecified atom stereocenters. The topological polar surface area (TPSA) is 75.7 Å². The van der Waals surface area contributed by atoms with Gasteiger partial charge >= 0.3 is 0 Å². The summed E-state index contributed by atoms with van der Waals surface area (Å²) in [4.78, 5) is 12.8. The van der Waals surface area contributed by atoms with Gasteiger partial charge in [0.05, 0.1) is 31.6 Å². The summed E-state index contributed by atoms with van der Waals surface area (Å²) in [7, 11) is -1.78. The zero-order valence-electron chi connectivity index (χ0n) is 19.1. The fraction of sp³-hybridized carbons (Fsp3) is 0.375. The van der Waals surface area contributed by atoms with Crippen LogP contribution in [0, 0.1) is 6.92 Å². The van der Waals surface area contributed by atoms with Gasteiger partial charge in [0.1, 0.15) is 5.75 Å². The molecule has 1 amide bonds. The molecule has 0 aliphatic rings. The molecule has 2 aromatic rings. The summed E-state index contributed by atoms with van der Waals surface area (Å²) in [5.41, 5.74) is 4.11. The number of rotatable bonds is 9. The number of aryl methyl sites for hydroxylation is 1. The zero-order valence-corrected chi connectivity index (χ0v) is 19.9. The molecule has 0 bridgehead atoms. The van der Waals surface area contributed by atoms with Gasteiger partial charge in [0.2, 0.25) is 10.0 Å². The largest absolute Gasteiger partial charge is 0.496 e. The summed E-state index contributed by atoms with van der Waals surface area (Å²) < 4.78 is 30.7. The minimum absolute atomic E-state index is 0.163. The number of carbonyl (C=O) groups is 1. The van der Waals surface area contributed by atoms with Crippen LogP contribution < -0.4 is 14.4 Å². The van der Waals surface area contributed by atoms with E-state index in [4.69, 9.17) is 4.74 Å². The SMILES string of the molecule is C=CCN(c1ccc(C(=O)NC(C)c2cc(C(C)C)c(OC)cc2C)cc1)S(C)(=O)=O. The molecule has 0 spiro atoms. The number of anilines is 1. The lowest BCUT2D eigenvalue weighted by Gasteiger charge is -2.22. The Balaban J connectivity index is 2.24. The zero-order chi connectivity index (χ0) is 23.3. The van der Waals surface area contributed by atoms with Gasteiger partial charge < -0.3 is 10.1 Å². The molecule has 1 N–H and O–H groups in total. The maximum atomic E-state index is 12.8. The van der Waals surface area contributed by atoms with Gasteiger partial charge in [-0.1, -0.05) is 19.9 Å². The Bertz CT molecular complexity index is 1040. The summed E-state index contributed by atoms with van der Waals surface area (Å²) >= 11 is 0. The van der Waals surface area contributed by atoms with Crippen molar-refractivity contribution in [2.45, 2.75) is 39.7 Å². The maximum Gasteiger partial charge on any atom is 0.251 e. The average molecular weight is 445 g/mol. The number of hydrogen-bond donors (Lipinski definition) is 1. The van der Waals surface area contributed by atoms with Crippen LogP contribution in [0.5, 0.6) is 5.75 Å². The van der Waals surface area contributed by atoms with Gasteiger partial charge in [-0.25, -0.2) is 8.42 Å². The average Bonchev–Trinajstić information content (AvgIpc) is 2.70. The minimum atomic E-state index is -3.44.